The summed E-state index contributed by atoms with van der Waals surface area (Å²) in [6.45, 7) is 0.293. The molecule has 1 aromatic heterocycles. The molecule has 4 fully saturated rings. The molecule has 2 bridgehead atoms. The Morgan fingerprint density at radius 2 is 1.46 bits per heavy atom. The normalized spacial score (nSPS) is 19.9. The van der Waals surface area contributed by atoms with E-state index in [-0.39, 0.29) is 0 Å². The number of hydrogen-bond donors (Lipinski definition) is 1. The first-order chi connectivity index (χ1) is 19.3. The van der Waals surface area contributed by atoms with Crippen molar-refractivity contribution in [2.45, 2.75) is 6.42 Å². The van der Waals surface area contributed by atoms with Crippen LogP contribution in [0.4, 0.5) is 5.69 Å². The third-order valence-electron chi connectivity index (χ3n) is 11.1. The number of nitrogens with one attached hydrogen (secondary N) is 1. The molecule has 5 aromatic carbocycles. The summed E-state index contributed by atoms with van der Waals surface area (Å²) in [5, 5.41) is 8.96. The van der Waals surface area contributed by atoms with Gasteiger partial charge in [-0.05, 0) is 0 Å². The van der Waals surface area contributed by atoms with Gasteiger partial charge in [-0.3, -0.25) is 0 Å². The molecule has 4 saturated heterocycles. The molecule has 6 aliphatic rings. The van der Waals surface area contributed by atoms with E-state index in [1.54, 1.807) is 16.3 Å². The van der Waals surface area contributed by atoms with E-state index < -0.39 is 6.39 Å². The molecule has 12 rings (SSSR count). The molecular weight excluding hydrogens is 485 g/mol. The van der Waals surface area contributed by atoms with Gasteiger partial charge in [0.15, 0.2) is 0 Å². The fraction of sp³-hybridized carbons (Fsp3) is 0.0323. The molecule has 1 N–H and O–H groups in total. The van der Waals surface area contributed by atoms with Gasteiger partial charge >= 0.3 is 230 Å². The minimum atomic E-state index is -2.25. The van der Waals surface area contributed by atoms with E-state index in [9.17, 15) is 0 Å². The van der Waals surface area contributed by atoms with Gasteiger partial charge in [0.2, 0.25) is 0 Å². The van der Waals surface area contributed by atoms with Gasteiger partial charge in [0.1, 0.15) is 0 Å². The maximum absolute atomic E-state index is 4.33. The summed E-state index contributed by atoms with van der Waals surface area (Å²) in [6, 6.07) is 41.3. The third-order valence-corrected chi connectivity index (χ3v) is 18.1. The molecule has 39 heavy (non-hydrogen) atoms. The average Bonchev–Trinajstić information content (AvgIpc) is 3.55. The monoisotopic (exact) mass is 507 g/mol. The van der Waals surface area contributed by atoms with Gasteiger partial charge in [-0.15, -0.1) is 0 Å². The van der Waals surface area contributed by atoms with Crippen LogP contribution < -0.4 is 26.8 Å². The molecular formula is C31H21B5N2P-. The second-order valence-electron chi connectivity index (χ2n) is 12.4. The molecule has 6 aromatic rings. The van der Waals surface area contributed by atoms with E-state index in [4.69, 9.17) is 0 Å². The number of aromatic nitrogens is 1. The Morgan fingerprint density at radius 1 is 0.744 bits per heavy atom. The Kier molecular flexibility index (Phi) is 3.27. The standard InChI is InChI=1S/C31H21B5N2P/c1-2-11-22(12-3-1)37-39(34-32-35(39)36(34)39)28-19-21-18-20-10-4-6-14-24(20)33-25-15-7-9-17-27(25)38-26-16-8-5-13-23(26)29(28)31(38)30(21)33/h1-17,19,37H,18H2/q-1. The van der Waals surface area contributed by atoms with Gasteiger partial charge in [0, 0.05) is 0 Å². The van der Waals surface area contributed by atoms with Gasteiger partial charge in [0.05, 0.1) is 0 Å². The summed E-state index contributed by atoms with van der Waals surface area (Å²) in [7, 11) is 2.65. The van der Waals surface area contributed by atoms with E-state index in [1.165, 1.54) is 49.7 Å². The number of nitrogens with zero attached hydrogens (tertiary/aromatic N) is 1. The Hall–Kier alpha value is -3.55. The van der Waals surface area contributed by atoms with Crippen molar-refractivity contribution < 1.29 is 0 Å². The molecule has 8 heteroatoms. The number of hydrogen-bond acceptors (Lipinski definition) is 1. The predicted octanol–water partition coefficient (Wildman–Crippen LogP) is 3.59. The van der Waals surface area contributed by atoms with Crippen molar-refractivity contribution in [3.05, 3.63) is 120 Å². The molecule has 0 saturated carbocycles. The van der Waals surface area contributed by atoms with Crippen LogP contribution in [0.15, 0.2) is 109 Å². The van der Waals surface area contributed by atoms with Crippen LogP contribution in [0.25, 0.3) is 27.5 Å². The molecule has 0 amide bonds. The van der Waals surface area contributed by atoms with Crippen molar-refractivity contribution in [1.82, 2.24) is 4.57 Å². The van der Waals surface area contributed by atoms with Crippen molar-refractivity contribution >= 4 is 88.0 Å². The first kappa shape index (κ1) is 20.4. The molecule has 2 nitrogen and oxygen atoms in total. The van der Waals surface area contributed by atoms with Crippen LogP contribution in [0, 0.1) is 0 Å². The molecule has 0 spiro atoms. The van der Waals surface area contributed by atoms with Crippen LogP contribution in [0.2, 0.25) is 0 Å². The fourth-order valence-electron chi connectivity index (χ4n) is 9.40. The van der Waals surface area contributed by atoms with Gasteiger partial charge < -0.3 is 0 Å². The van der Waals surface area contributed by atoms with Crippen LogP contribution in [0.1, 0.15) is 11.1 Å². The summed E-state index contributed by atoms with van der Waals surface area (Å²) in [4.78, 5) is 0. The SMILES string of the molecule is [B-]1B2B3B1P23(Nc1ccccc1)c1cc2c3c4c1c1ccccc1n4-c1ccccc1B3c1ccccc1C2. The zero-order valence-electron chi connectivity index (χ0n) is 21.4. The molecule has 2 radical (unpaired) electrons. The fourth-order valence-corrected chi connectivity index (χ4v) is 17.7. The minimum absolute atomic E-state index is 0.293. The second-order valence-corrected chi connectivity index (χ2v) is 17.5. The van der Waals surface area contributed by atoms with Gasteiger partial charge in [-0.2, -0.15) is 0 Å². The maximum atomic E-state index is 4.33. The zero-order valence-corrected chi connectivity index (χ0v) is 22.3. The number of fused-ring (bicyclic) bond motifs is 8. The summed E-state index contributed by atoms with van der Waals surface area (Å²) in [5.74, 6) is 0. The second kappa shape index (κ2) is 6.27. The molecule has 176 valence electrons. The molecule has 6 aliphatic heterocycles. The summed E-state index contributed by atoms with van der Waals surface area (Å²) < 4.78 is 2.63. The summed E-state index contributed by atoms with van der Waals surface area (Å²) in [5.41, 5.74) is 13.0. The molecule has 0 aliphatic carbocycles. The Bertz CT molecular complexity index is 2100. The Morgan fingerprint density at radius 3 is 2.28 bits per heavy atom. The van der Waals surface area contributed by atoms with Crippen molar-refractivity contribution in [2.75, 3.05) is 5.09 Å². The van der Waals surface area contributed by atoms with Crippen molar-refractivity contribution in [3.63, 3.8) is 0 Å². The van der Waals surface area contributed by atoms with Crippen LogP contribution in [0.3, 0.4) is 0 Å². The number of rotatable bonds is 3. The zero-order chi connectivity index (χ0) is 25.1. The van der Waals surface area contributed by atoms with E-state index in [0.29, 0.717) is 6.71 Å². The van der Waals surface area contributed by atoms with Crippen molar-refractivity contribution in [2.24, 2.45) is 0 Å². The first-order valence-electron chi connectivity index (χ1n) is 14.3. The van der Waals surface area contributed by atoms with E-state index in [0.717, 1.165) is 25.1 Å². The quantitative estimate of drug-likeness (QED) is 0.286. The first-order valence-corrected chi connectivity index (χ1v) is 16.7. The predicted molar refractivity (Wildman–Crippen MR) is 174 cm³/mol. The Labute approximate surface area is 229 Å². The van der Waals surface area contributed by atoms with Crippen molar-refractivity contribution in [1.29, 1.82) is 0 Å². The summed E-state index contributed by atoms with van der Waals surface area (Å²) in [6.07, 6.45) is 1.14. The number of anilines is 1. The molecule has 7 heterocycles. The van der Waals surface area contributed by atoms with Gasteiger partial charge in [0.25, 0.3) is 0 Å². The number of para-hydroxylation sites is 3. The van der Waals surface area contributed by atoms with Crippen LogP contribution >= 0.6 is 6.39 Å². The number of benzene rings is 5. The topological polar surface area (TPSA) is 17.0 Å². The molecule has 0 atom stereocenters. The molecule has 0 unspecified atom stereocenters. The third kappa shape index (κ3) is 1.98. The Balaban J connectivity index is 1.32. The summed E-state index contributed by atoms with van der Waals surface area (Å²) >= 11 is 0. The van der Waals surface area contributed by atoms with E-state index in [2.05, 4.69) is 126 Å². The van der Waals surface area contributed by atoms with E-state index in [1.807, 2.05) is 0 Å². The van der Waals surface area contributed by atoms with Gasteiger partial charge in [-0.25, -0.2) is 0 Å². The van der Waals surface area contributed by atoms with Crippen LogP contribution in [-0.2, 0) is 6.42 Å². The van der Waals surface area contributed by atoms with E-state index >= 15 is 0 Å². The van der Waals surface area contributed by atoms with Crippen molar-refractivity contribution in [3.8, 4) is 5.69 Å². The van der Waals surface area contributed by atoms with Crippen LogP contribution in [-0.4, -0.2) is 37.0 Å². The average molecular weight is 507 g/mol. The van der Waals surface area contributed by atoms with Gasteiger partial charge in [-0.1, -0.05) is 0 Å². The van der Waals surface area contributed by atoms with Crippen LogP contribution in [0.5, 0.6) is 0 Å².